The summed E-state index contributed by atoms with van der Waals surface area (Å²) in [7, 11) is 0. The summed E-state index contributed by atoms with van der Waals surface area (Å²) in [6.07, 6.45) is 22.8. The monoisotopic (exact) mass is 1460 g/mol. The van der Waals surface area contributed by atoms with Crippen molar-refractivity contribution in [3.8, 4) is 0 Å². The first-order chi connectivity index (χ1) is 50.0. The molecule has 0 aromatic heterocycles. The molecule has 30 N–H and O–H groups in total. The molecule has 29 nitrogen and oxygen atoms in total. The van der Waals surface area contributed by atoms with E-state index < -0.39 is 0 Å². The van der Waals surface area contributed by atoms with Crippen LogP contribution in [0.3, 0.4) is 0 Å². The Balaban J connectivity index is 7.60. The fourth-order valence-corrected chi connectivity index (χ4v) is 13.9. The summed E-state index contributed by atoms with van der Waals surface area (Å²) < 4.78 is 0. The Morgan fingerprint density at radius 3 is 0.373 bits per heavy atom. The van der Waals surface area contributed by atoms with E-state index in [0.29, 0.717) is 98.8 Å². The lowest BCUT2D eigenvalue weighted by Gasteiger charge is -2.34. The average molecular weight is 1460 g/mol. The molecular weight excluding hydrogens is 1280 g/mol. The van der Waals surface area contributed by atoms with Crippen molar-refractivity contribution in [2.75, 3.05) is 328 Å². The largest absolute Gasteiger partial charge is 0.330 e. The van der Waals surface area contributed by atoms with E-state index in [4.69, 9.17) is 86.0 Å². The van der Waals surface area contributed by atoms with Gasteiger partial charge in [-0.15, -0.1) is 0 Å². The van der Waals surface area contributed by atoms with Crippen molar-refractivity contribution in [3.63, 3.8) is 0 Å². The molecule has 0 aliphatic carbocycles. The fraction of sp³-hybridized carbons (Fsp3) is 1.00. The van der Waals surface area contributed by atoms with Crippen molar-refractivity contribution < 1.29 is 0 Å². The first kappa shape index (κ1) is 101. The molecule has 0 aliphatic rings. The van der Waals surface area contributed by atoms with Crippen molar-refractivity contribution in [2.24, 2.45) is 86.0 Å². The standard InChI is InChI=1S/C73H177N29/c1-2-34-94(67-84)56-21-64-102(66-23-60-98(71-88)42-10-31-81)73-100(61-18-53-92(52-17-58-96(69-86)40-8-29-79)48-14-46-90(37-5-26-76)38-6-27-77)62-19-54-93(55-20-63-101(65-22-59-97(70-87)41-9-30-80)72-99(43-11-32-82)44-12-33-83)50-15-49-91(51-16-57-95(68-85)39-7-28-78)47-13-45-89(35-3-24-74)36-4-25-75/h2-88H2,1H3. The zero-order valence-corrected chi connectivity index (χ0v) is 66.8. The highest BCUT2D eigenvalue weighted by Gasteiger charge is 2.20. The average Bonchev–Trinajstić information content (AvgIpc) is 1.01. The Morgan fingerprint density at radius 1 is 0.127 bits per heavy atom. The summed E-state index contributed by atoms with van der Waals surface area (Å²) in [5.74, 6) is 0. The van der Waals surface area contributed by atoms with Crippen molar-refractivity contribution >= 4 is 0 Å². The van der Waals surface area contributed by atoms with Crippen molar-refractivity contribution in [1.29, 1.82) is 0 Å². The molecule has 0 unspecified atom stereocenters. The molecule has 0 amide bonds. The number of rotatable bonds is 85. The van der Waals surface area contributed by atoms with Crippen LogP contribution >= 0.6 is 0 Å². The molecule has 0 radical (unpaired) electrons. The molecule has 0 rings (SSSR count). The first-order valence-corrected chi connectivity index (χ1v) is 41.6. The maximum atomic E-state index is 6.35. The van der Waals surface area contributed by atoms with Gasteiger partial charge in [-0.3, -0.25) is 44.1 Å². The highest BCUT2D eigenvalue weighted by molar-refractivity contribution is 4.75. The van der Waals surface area contributed by atoms with Gasteiger partial charge in [-0.25, -0.2) is 0 Å². The van der Waals surface area contributed by atoms with Crippen molar-refractivity contribution in [3.05, 3.63) is 0 Å². The van der Waals surface area contributed by atoms with E-state index in [2.05, 4.69) is 75.5 Å². The Morgan fingerprint density at radius 2 is 0.235 bits per heavy atom. The minimum absolute atomic E-state index is 0.549. The summed E-state index contributed by atoms with van der Waals surface area (Å²) in [5, 5.41) is 0. The van der Waals surface area contributed by atoms with Crippen LogP contribution in [0.4, 0.5) is 0 Å². The van der Waals surface area contributed by atoms with Crippen LogP contribution in [0.15, 0.2) is 0 Å². The van der Waals surface area contributed by atoms with Crippen LogP contribution in [0.5, 0.6) is 0 Å². The lowest BCUT2D eigenvalue weighted by Crippen LogP contribution is -2.44. The van der Waals surface area contributed by atoms with Crippen LogP contribution < -0.4 is 86.0 Å². The minimum Gasteiger partial charge on any atom is -0.330 e. The van der Waals surface area contributed by atoms with Crippen LogP contribution in [0.1, 0.15) is 148 Å². The quantitative estimate of drug-likeness (QED) is 0.0290. The Hall–Kier alpha value is -1.16. The van der Waals surface area contributed by atoms with Crippen molar-refractivity contribution in [2.45, 2.75) is 148 Å². The van der Waals surface area contributed by atoms with Gasteiger partial charge in [0.1, 0.15) is 0 Å². The third-order valence-electron chi connectivity index (χ3n) is 19.9. The first-order valence-electron chi connectivity index (χ1n) is 41.6. The van der Waals surface area contributed by atoms with E-state index in [9.17, 15) is 0 Å². The van der Waals surface area contributed by atoms with Gasteiger partial charge in [0.2, 0.25) is 0 Å². The molecule has 0 saturated carbocycles. The van der Waals surface area contributed by atoms with Gasteiger partial charge in [0, 0.05) is 145 Å². The van der Waals surface area contributed by atoms with E-state index in [-0.39, 0.29) is 0 Å². The van der Waals surface area contributed by atoms with Gasteiger partial charge < -0.3 is 111 Å². The molecule has 29 heteroatoms. The molecule has 0 aromatic carbocycles. The lowest BCUT2D eigenvalue weighted by atomic mass is 10.2. The summed E-state index contributed by atoms with van der Waals surface area (Å²) in [4.78, 5) is 36.1. The molecule has 0 bridgehead atoms. The minimum atomic E-state index is 0.549. The summed E-state index contributed by atoms with van der Waals surface area (Å²) in [5.41, 5.74) is 91.9. The smallest absolute Gasteiger partial charge is 0.0506 e. The number of nitrogens with zero attached hydrogens (tertiary/aromatic N) is 14. The van der Waals surface area contributed by atoms with Gasteiger partial charge in [-0.1, -0.05) is 6.92 Å². The Kier molecular flexibility index (Phi) is 75.7. The van der Waals surface area contributed by atoms with Gasteiger partial charge in [-0.05, 0) is 311 Å². The number of hydrogen-bond acceptors (Lipinski definition) is 29. The SMILES string of the molecule is CCCN(CN)CCCN(CCCN(CN)CCCN)CN(CCCN(CCCN(CN)CCCN)CCCN(CCCN)CCCN)CCCN(CCCN(CCCN(CN)CCCN)CCCN(CCCN)CCCN)CCCN(CCCN(CN)CCCN)CN(CCCN)CCCN. The lowest BCUT2D eigenvalue weighted by molar-refractivity contribution is 0.105. The van der Waals surface area contributed by atoms with E-state index in [1.165, 1.54) is 0 Å². The molecule has 102 heavy (non-hydrogen) atoms. The van der Waals surface area contributed by atoms with Crippen LogP contribution in [0.25, 0.3) is 0 Å². The normalized spacial score (nSPS) is 12.6. The summed E-state index contributed by atoms with van der Waals surface area (Å²) in [6, 6.07) is 0. The van der Waals surface area contributed by atoms with Gasteiger partial charge in [-0.2, -0.15) is 0 Å². The highest BCUT2D eigenvalue weighted by Crippen LogP contribution is 2.12. The van der Waals surface area contributed by atoms with Crippen LogP contribution in [-0.2, 0) is 0 Å². The fourth-order valence-electron chi connectivity index (χ4n) is 13.9. The van der Waals surface area contributed by atoms with Gasteiger partial charge in [0.05, 0.1) is 13.3 Å². The molecule has 0 saturated heterocycles. The maximum absolute atomic E-state index is 6.35. The Bertz CT molecular complexity index is 1620. The maximum Gasteiger partial charge on any atom is 0.0506 e. The second-order valence-electron chi connectivity index (χ2n) is 28.8. The van der Waals surface area contributed by atoms with Gasteiger partial charge >= 0.3 is 0 Å². The highest BCUT2D eigenvalue weighted by atomic mass is 15.3. The van der Waals surface area contributed by atoms with Crippen molar-refractivity contribution in [1.82, 2.24) is 68.6 Å². The van der Waals surface area contributed by atoms with Gasteiger partial charge in [0.25, 0.3) is 0 Å². The Labute approximate surface area is 628 Å². The second kappa shape index (κ2) is 76.6. The van der Waals surface area contributed by atoms with E-state index in [1.807, 2.05) is 0 Å². The van der Waals surface area contributed by atoms with Crippen LogP contribution in [-0.4, -0.2) is 397 Å². The molecule has 614 valence electrons. The van der Waals surface area contributed by atoms with Crippen LogP contribution in [0, 0.1) is 0 Å². The molecule has 0 fully saturated rings. The predicted molar refractivity (Wildman–Crippen MR) is 439 cm³/mol. The molecule has 0 aromatic rings. The van der Waals surface area contributed by atoms with Crippen LogP contribution in [0.2, 0.25) is 0 Å². The molecule has 0 aliphatic heterocycles. The molecule has 0 spiro atoms. The number of nitrogens with two attached hydrogens (primary N) is 15. The zero-order valence-electron chi connectivity index (χ0n) is 66.8. The third-order valence-corrected chi connectivity index (χ3v) is 19.9. The van der Waals surface area contributed by atoms with Gasteiger partial charge in [0.15, 0.2) is 0 Å². The van der Waals surface area contributed by atoms with E-state index in [1.54, 1.807) is 0 Å². The molecule has 0 heterocycles. The number of hydrogen-bond donors (Lipinski definition) is 15. The van der Waals surface area contributed by atoms with E-state index >= 15 is 0 Å². The zero-order chi connectivity index (χ0) is 75.0. The topological polar surface area (TPSA) is 436 Å². The summed E-state index contributed by atoms with van der Waals surface area (Å²) in [6.45, 7) is 47.2. The third kappa shape index (κ3) is 59.7. The summed E-state index contributed by atoms with van der Waals surface area (Å²) >= 11 is 0. The molecular formula is C73H177N29. The van der Waals surface area contributed by atoms with E-state index in [0.717, 1.165) is 371 Å². The predicted octanol–water partition coefficient (Wildman–Crippen LogP) is -2.10. The molecule has 0 atom stereocenters. The second-order valence-corrected chi connectivity index (χ2v) is 28.8.